The smallest absolute Gasteiger partial charge is 0.360 e. The summed E-state index contributed by atoms with van der Waals surface area (Å²) in [7, 11) is 1.14. The van der Waals surface area contributed by atoms with Crippen LogP contribution in [0.1, 0.15) is 84.0 Å². The number of aromatic hydroxyl groups is 2. The lowest BCUT2D eigenvalue weighted by Crippen LogP contribution is -2.44. The molecule has 410 valence electrons. The minimum atomic E-state index is -0.911. The molecule has 0 radical (unpaired) electrons. The van der Waals surface area contributed by atoms with Crippen molar-refractivity contribution in [1.29, 1.82) is 0 Å². The molecule has 19 nitrogen and oxygen atoms in total. The van der Waals surface area contributed by atoms with Gasteiger partial charge in [-0.25, -0.2) is 23.6 Å². The highest BCUT2D eigenvalue weighted by Crippen LogP contribution is 2.27. The lowest BCUT2D eigenvalue weighted by Gasteiger charge is -2.35. The van der Waals surface area contributed by atoms with Crippen molar-refractivity contribution in [3.63, 3.8) is 0 Å². The highest BCUT2D eigenvalue weighted by atomic mass is 35.5. The number of methoxy groups -OCH3 is 1. The van der Waals surface area contributed by atoms with E-state index in [1.54, 1.807) is 51.9 Å². The Kier molecular flexibility index (Phi) is 21.1. The quantitative estimate of drug-likeness (QED) is 0.0814. The number of imidazole rings is 2. The lowest BCUT2D eigenvalue weighted by molar-refractivity contribution is -0.135. The van der Waals surface area contributed by atoms with E-state index >= 15 is 0 Å². The van der Waals surface area contributed by atoms with Crippen LogP contribution in [0.15, 0.2) is 58.4 Å². The van der Waals surface area contributed by atoms with E-state index in [2.05, 4.69) is 47.7 Å². The van der Waals surface area contributed by atoms with Crippen molar-refractivity contribution < 1.29 is 34.1 Å². The Bertz CT molecular complexity index is 3220. The van der Waals surface area contributed by atoms with Crippen molar-refractivity contribution in [2.45, 2.75) is 78.2 Å². The van der Waals surface area contributed by atoms with Gasteiger partial charge in [-0.3, -0.25) is 24.0 Å². The van der Waals surface area contributed by atoms with Gasteiger partial charge in [0.15, 0.2) is 11.4 Å². The molecule has 76 heavy (non-hydrogen) atoms. The van der Waals surface area contributed by atoms with E-state index in [0.29, 0.717) is 105 Å². The number of fused-ring (bicyclic) bond motifs is 2. The van der Waals surface area contributed by atoms with Crippen molar-refractivity contribution in [2.24, 2.45) is 29.4 Å². The fourth-order valence-corrected chi connectivity index (χ4v) is 11.1. The van der Waals surface area contributed by atoms with Crippen LogP contribution in [0.3, 0.4) is 0 Å². The predicted molar refractivity (Wildman–Crippen MR) is 299 cm³/mol. The second-order valence-electron chi connectivity index (χ2n) is 19.2. The van der Waals surface area contributed by atoms with Gasteiger partial charge in [-0.05, 0) is 84.4 Å². The van der Waals surface area contributed by atoms with E-state index in [4.69, 9.17) is 52.1 Å². The molecule has 0 bridgehead atoms. The molecule has 3 amide bonds. The first-order valence-electron chi connectivity index (χ1n) is 24.2. The topological polar surface area (TPSA) is 241 Å². The van der Waals surface area contributed by atoms with Crippen molar-refractivity contribution >= 4 is 105 Å². The van der Waals surface area contributed by atoms with Crippen LogP contribution in [0.2, 0.25) is 20.1 Å². The summed E-state index contributed by atoms with van der Waals surface area (Å²) in [6.45, 7) is 11.8. The predicted octanol–water partition coefficient (Wildman–Crippen LogP) is 7.61. The van der Waals surface area contributed by atoms with Crippen LogP contribution in [-0.2, 0) is 52.0 Å². The number of rotatable bonds is 13. The molecule has 4 aromatic heterocycles. The zero-order chi connectivity index (χ0) is 55.7. The number of piperidine rings is 2. The van der Waals surface area contributed by atoms with E-state index in [9.17, 15) is 39.0 Å². The number of thioether (sulfide) groups is 2. The largest absolute Gasteiger partial charge is 0.501 e. The molecule has 8 rings (SSSR count). The molecule has 25 heteroatoms. The Labute approximate surface area is 468 Å². The van der Waals surface area contributed by atoms with Gasteiger partial charge < -0.3 is 44.9 Å². The minimum Gasteiger partial charge on any atom is -0.501 e. The minimum absolute atomic E-state index is 0.00481. The van der Waals surface area contributed by atoms with Crippen molar-refractivity contribution in [2.75, 3.05) is 45.8 Å². The van der Waals surface area contributed by atoms with Crippen LogP contribution in [0, 0.1) is 23.7 Å². The molecule has 2 fully saturated rings. The van der Waals surface area contributed by atoms with Crippen LogP contribution < -0.4 is 22.2 Å². The van der Waals surface area contributed by atoms with Crippen molar-refractivity contribution in [1.82, 2.24) is 43.0 Å². The maximum absolute atomic E-state index is 13.2. The summed E-state index contributed by atoms with van der Waals surface area (Å²) in [5, 5.41) is 25.3. The average molecular weight is 1170 g/mol. The summed E-state index contributed by atoms with van der Waals surface area (Å²) in [6, 6.07) is 10.3. The number of ether oxygens (including phenoxy) is 1. The Morgan fingerprint density at radius 3 is 1.49 bits per heavy atom. The van der Waals surface area contributed by atoms with Crippen LogP contribution in [0.25, 0.3) is 11.6 Å². The molecule has 2 aliphatic rings. The molecule has 2 saturated heterocycles. The SMILES string of the molecule is COC(=O)c1nc2n(CC(=O)N3CC(C)CC(C)C3)cc(CSC)n2c(=O)c1O.CSCc1cn(CC(=O)N2CC(C)CC(C)C2)c2nc(C(=O)NCc3ccc(Cl)c(Cl)c3)c(O)c(=O)n12.NCc1ccc(Cl)c(Cl)c1. The molecular formula is C51H62Cl4N10O9S2. The average Bonchev–Trinajstić information content (AvgIpc) is 3.93. The molecule has 0 spiro atoms. The molecule has 5 N–H and O–H groups in total. The Morgan fingerprint density at radius 2 is 1.08 bits per heavy atom. The van der Waals surface area contributed by atoms with Crippen molar-refractivity contribution in [3.05, 3.63) is 123 Å². The Morgan fingerprint density at radius 1 is 0.671 bits per heavy atom. The number of esters is 1. The van der Waals surface area contributed by atoms with E-state index in [-0.39, 0.29) is 43.0 Å². The number of carbonyl (C=O) groups is 4. The number of aromatic nitrogens is 6. The maximum Gasteiger partial charge on any atom is 0.360 e. The van der Waals surface area contributed by atoms with Crippen LogP contribution in [0.4, 0.5) is 0 Å². The number of benzene rings is 2. The second kappa shape index (κ2) is 26.8. The second-order valence-corrected chi connectivity index (χ2v) is 22.6. The molecule has 0 saturated carbocycles. The van der Waals surface area contributed by atoms with Gasteiger partial charge in [0.2, 0.25) is 34.9 Å². The number of hydrogen-bond acceptors (Lipinski definition) is 14. The third-order valence-corrected chi connectivity index (χ3v) is 15.3. The highest BCUT2D eigenvalue weighted by molar-refractivity contribution is 7.98. The van der Waals surface area contributed by atoms with Crippen LogP contribution in [0.5, 0.6) is 11.5 Å². The molecule has 2 aromatic carbocycles. The van der Waals surface area contributed by atoms with E-state index in [1.165, 1.54) is 32.3 Å². The molecule has 2 aliphatic heterocycles. The zero-order valence-electron chi connectivity index (χ0n) is 43.1. The molecule has 4 unspecified atom stereocenters. The third-order valence-electron chi connectivity index (χ3n) is 12.7. The van der Waals surface area contributed by atoms with Gasteiger partial charge in [0, 0.05) is 63.2 Å². The van der Waals surface area contributed by atoms with Gasteiger partial charge in [-0.1, -0.05) is 86.2 Å². The summed E-state index contributed by atoms with van der Waals surface area (Å²) in [5.41, 5.74) is 5.82. The maximum atomic E-state index is 13.2. The van der Waals surface area contributed by atoms with E-state index in [0.717, 1.165) is 25.5 Å². The number of nitrogens with zero attached hydrogens (tertiary/aromatic N) is 8. The van der Waals surface area contributed by atoms with Crippen LogP contribution in [-0.4, -0.2) is 117 Å². The molecule has 4 atom stereocenters. The van der Waals surface area contributed by atoms with Gasteiger partial charge in [0.05, 0.1) is 38.6 Å². The fraction of sp³-hybridized carbons (Fsp3) is 0.451. The van der Waals surface area contributed by atoms with Gasteiger partial charge in [-0.2, -0.15) is 23.5 Å². The highest BCUT2D eigenvalue weighted by Gasteiger charge is 2.30. The number of likely N-dealkylation sites (tertiary alicyclic amines) is 2. The van der Waals surface area contributed by atoms with Gasteiger partial charge in [-0.15, -0.1) is 0 Å². The number of carbonyl (C=O) groups excluding carboxylic acids is 4. The summed E-state index contributed by atoms with van der Waals surface area (Å²) in [5.74, 6) is -0.450. The first-order chi connectivity index (χ1) is 36.1. The first-order valence-corrected chi connectivity index (χ1v) is 28.5. The van der Waals surface area contributed by atoms with Gasteiger partial charge in [0.1, 0.15) is 13.1 Å². The summed E-state index contributed by atoms with van der Waals surface area (Å²) >= 11 is 26.3. The standard InChI is InChI=1S/C25H29Cl2N5O4S.C19H26N4O5S.C7H7Cl2N/c1-14-6-15(2)10-30(9-14)20(33)12-31-11-17(13-37-3)32-24(36)22(34)21(29-25(31)32)23(35)28-8-16-4-5-18(26)19(27)7-16;1-11-5-12(2)7-21(6-11)14(24)9-22-8-13(10-29-4)23-17(26)16(25)15(18(27)28-3)20-19(22)23;8-6-2-1-5(4-10)3-7(6)9/h4-5,7,11,14-15,34H,6,8-10,12-13H2,1-3H3,(H,28,35);8,11-12,25H,5-7,9-10H2,1-4H3;1-3H,4,10H2. The zero-order valence-corrected chi connectivity index (χ0v) is 47.8. The molecule has 6 aromatic rings. The summed E-state index contributed by atoms with van der Waals surface area (Å²) < 4.78 is 10.3. The van der Waals surface area contributed by atoms with Crippen LogP contribution >= 0.6 is 69.9 Å². The number of nitrogens with two attached hydrogens (primary N) is 1. The Hall–Kier alpha value is -5.42. The summed E-state index contributed by atoms with van der Waals surface area (Å²) in [4.78, 5) is 89.0. The number of amides is 3. The van der Waals surface area contributed by atoms with Gasteiger partial charge >= 0.3 is 17.1 Å². The third kappa shape index (κ3) is 14.4. The fourth-order valence-electron chi connectivity index (χ4n) is 9.43. The van der Waals surface area contributed by atoms with Gasteiger partial charge in [0.25, 0.3) is 5.91 Å². The first kappa shape index (κ1) is 59.8. The monoisotopic (exact) mass is 1160 g/mol. The van der Waals surface area contributed by atoms with Crippen molar-refractivity contribution in [3.8, 4) is 11.5 Å². The number of nitrogens with one attached hydrogen (secondary N) is 1. The summed E-state index contributed by atoms with van der Waals surface area (Å²) in [6.07, 6.45) is 9.29. The number of hydrogen-bond donors (Lipinski definition) is 4. The number of halogens is 4. The lowest BCUT2D eigenvalue weighted by atomic mass is 9.92. The van der Waals surface area contributed by atoms with E-state index < -0.39 is 45.9 Å². The molecule has 0 aliphatic carbocycles. The molecule has 6 heterocycles. The normalized spacial score (nSPS) is 17.4. The van der Waals surface area contributed by atoms with E-state index in [1.807, 2.05) is 28.4 Å². The Balaban J connectivity index is 0.000000213. The molecular weight excluding hydrogens is 1100 g/mol.